The number of fused-ring (bicyclic) bond motifs is 1. The van der Waals surface area contributed by atoms with Crippen LogP contribution in [0.1, 0.15) is 54.1 Å². The van der Waals surface area contributed by atoms with E-state index < -0.39 is 17.5 Å². The Hall–Kier alpha value is -3.94. The Morgan fingerprint density at radius 2 is 1.85 bits per heavy atom. The van der Waals surface area contributed by atoms with Gasteiger partial charge >= 0.3 is 0 Å². The fourth-order valence-corrected chi connectivity index (χ4v) is 3.85. The van der Waals surface area contributed by atoms with E-state index in [1.807, 2.05) is 0 Å². The Balaban J connectivity index is 1.54. The Kier molecular flexibility index (Phi) is 6.77. The second kappa shape index (κ2) is 9.91. The smallest absolute Gasteiger partial charge is 0.276 e. The molecule has 2 aromatic heterocycles. The summed E-state index contributed by atoms with van der Waals surface area (Å²) in [7, 11) is 0. The largest absolute Gasteiger partial charge is 0.319 e. The van der Waals surface area contributed by atoms with Crippen molar-refractivity contribution in [1.82, 2.24) is 15.2 Å². The van der Waals surface area contributed by atoms with Gasteiger partial charge in [-0.05, 0) is 41.8 Å². The van der Waals surface area contributed by atoms with Crippen molar-refractivity contribution < 1.29 is 18.4 Å². The molecule has 8 heteroatoms. The molecule has 4 rings (SSSR count). The minimum absolute atomic E-state index is 0.0259. The number of Topliss-reactive ketones (excluding diaryl/α,β-unsaturated/α-hetero) is 1. The average Bonchev–Trinajstić information content (AvgIpc) is 3.28. The zero-order chi connectivity index (χ0) is 24.2. The van der Waals surface area contributed by atoms with E-state index in [0.29, 0.717) is 40.2 Å². The third kappa shape index (κ3) is 4.71. The molecule has 6 nitrogen and oxygen atoms in total. The van der Waals surface area contributed by atoms with E-state index in [0.717, 1.165) is 18.9 Å². The first kappa shape index (κ1) is 23.2. The van der Waals surface area contributed by atoms with Gasteiger partial charge < -0.3 is 5.32 Å². The number of halogens is 2. The molecule has 0 unspecified atom stereocenters. The van der Waals surface area contributed by atoms with Crippen LogP contribution in [0.4, 0.5) is 14.5 Å². The molecule has 0 fully saturated rings. The highest BCUT2D eigenvalue weighted by Gasteiger charge is 2.18. The number of carbonyl (C=O) groups excluding carboxylic acids is 2. The fourth-order valence-electron chi connectivity index (χ4n) is 3.85. The molecule has 0 bridgehead atoms. The summed E-state index contributed by atoms with van der Waals surface area (Å²) in [5.74, 6) is -2.10. The number of pyridine rings is 1. The van der Waals surface area contributed by atoms with Crippen LogP contribution in [0.3, 0.4) is 0 Å². The van der Waals surface area contributed by atoms with Crippen molar-refractivity contribution >= 4 is 28.3 Å². The highest BCUT2D eigenvalue weighted by Crippen LogP contribution is 2.28. The topological polar surface area (TPSA) is 87.7 Å². The maximum absolute atomic E-state index is 14.3. The zero-order valence-electron chi connectivity index (χ0n) is 18.9. The van der Waals surface area contributed by atoms with Crippen LogP contribution in [-0.4, -0.2) is 26.9 Å². The van der Waals surface area contributed by atoms with Crippen LogP contribution in [0.2, 0.25) is 0 Å². The van der Waals surface area contributed by atoms with E-state index in [1.165, 1.54) is 18.3 Å². The van der Waals surface area contributed by atoms with Crippen LogP contribution < -0.4 is 5.32 Å². The molecule has 174 valence electrons. The predicted molar refractivity (Wildman–Crippen MR) is 127 cm³/mol. The lowest BCUT2D eigenvalue weighted by Crippen LogP contribution is -2.14. The Morgan fingerprint density at radius 1 is 1.06 bits per heavy atom. The van der Waals surface area contributed by atoms with Gasteiger partial charge in [0.15, 0.2) is 23.1 Å². The molecular weight excluding hydrogens is 438 g/mol. The zero-order valence-corrected chi connectivity index (χ0v) is 18.9. The Morgan fingerprint density at radius 3 is 2.56 bits per heavy atom. The summed E-state index contributed by atoms with van der Waals surface area (Å²) in [6, 6.07) is 12.0. The number of H-pyrrole nitrogens is 1. The van der Waals surface area contributed by atoms with E-state index in [4.69, 9.17) is 0 Å². The number of nitrogens with zero attached hydrogens (tertiary/aromatic N) is 2. The summed E-state index contributed by atoms with van der Waals surface area (Å²) >= 11 is 0. The number of benzene rings is 2. The second-order valence-corrected chi connectivity index (χ2v) is 8.13. The fraction of sp³-hybridized carbons (Fsp3) is 0.231. The summed E-state index contributed by atoms with van der Waals surface area (Å²) in [5.41, 5.74) is 1.95. The number of hydrogen-bond acceptors (Lipinski definition) is 4. The minimum atomic E-state index is -0.957. The maximum atomic E-state index is 14.3. The van der Waals surface area contributed by atoms with Crippen molar-refractivity contribution in [2.24, 2.45) is 5.92 Å². The van der Waals surface area contributed by atoms with Crippen molar-refractivity contribution in [2.45, 2.75) is 33.1 Å². The molecule has 0 aliphatic carbocycles. The van der Waals surface area contributed by atoms with Gasteiger partial charge in [-0.2, -0.15) is 5.10 Å². The SMILES string of the molecule is CCC(CC)CC(=O)c1ccc(NC(=O)c2n[nH]c3ccc(-c4cccc(F)c4F)cc23)cn1. The normalized spacial score (nSPS) is 11.2. The van der Waals surface area contributed by atoms with Crippen LogP contribution in [-0.2, 0) is 0 Å². The van der Waals surface area contributed by atoms with Crippen molar-refractivity contribution in [3.63, 3.8) is 0 Å². The second-order valence-electron chi connectivity index (χ2n) is 8.13. The Bertz CT molecular complexity index is 1340. The van der Waals surface area contributed by atoms with Gasteiger partial charge in [0.1, 0.15) is 5.69 Å². The number of aromatic amines is 1. The summed E-state index contributed by atoms with van der Waals surface area (Å²) in [6.07, 6.45) is 3.74. The predicted octanol–water partition coefficient (Wildman–Crippen LogP) is 6.16. The summed E-state index contributed by atoms with van der Waals surface area (Å²) in [5, 5.41) is 10.0. The number of ketones is 1. The number of carbonyl (C=O) groups is 2. The van der Waals surface area contributed by atoms with Gasteiger partial charge in [0.25, 0.3) is 5.91 Å². The number of anilines is 1. The summed E-state index contributed by atoms with van der Waals surface area (Å²) in [4.78, 5) is 29.5. The minimum Gasteiger partial charge on any atom is -0.319 e. The van der Waals surface area contributed by atoms with Gasteiger partial charge in [0.2, 0.25) is 0 Å². The monoisotopic (exact) mass is 462 g/mol. The van der Waals surface area contributed by atoms with Crippen molar-refractivity contribution in [1.29, 1.82) is 0 Å². The van der Waals surface area contributed by atoms with Crippen LogP contribution in [0.15, 0.2) is 54.7 Å². The van der Waals surface area contributed by atoms with E-state index >= 15 is 0 Å². The molecule has 2 aromatic carbocycles. The average molecular weight is 463 g/mol. The quantitative estimate of drug-likeness (QED) is 0.307. The molecule has 0 radical (unpaired) electrons. The molecular formula is C26H24F2N4O2. The number of aromatic nitrogens is 3. The molecule has 34 heavy (non-hydrogen) atoms. The highest BCUT2D eigenvalue weighted by molar-refractivity contribution is 6.11. The molecule has 0 aliphatic heterocycles. The Labute approximate surface area is 195 Å². The lowest BCUT2D eigenvalue weighted by Gasteiger charge is -2.10. The molecule has 1 amide bonds. The summed E-state index contributed by atoms with van der Waals surface area (Å²) < 4.78 is 27.9. The van der Waals surface area contributed by atoms with Crippen LogP contribution in [0, 0.1) is 17.6 Å². The highest BCUT2D eigenvalue weighted by atomic mass is 19.2. The van der Waals surface area contributed by atoms with Gasteiger partial charge in [-0.15, -0.1) is 0 Å². The molecule has 2 N–H and O–H groups in total. The number of nitrogens with one attached hydrogen (secondary N) is 2. The number of amides is 1. The van der Waals surface area contributed by atoms with Gasteiger partial charge in [0, 0.05) is 17.4 Å². The van der Waals surface area contributed by atoms with Crippen molar-refractivity contribution in [3.8, 4) is 11.1 Å². The van der Waals surface area contributed by atoms with E-state index in [-0.39, 0.29) is 17.0 Å². The van der Waals surface area contributed by atoms with E-state index in [1.54, 1.807) is 30.3 Å². The van der Waals surface area contributed by atoms with Crippen molar-refractivity contribution in [3.05, 3.63) is 77.8 Å². The van der Waals surface area contributed by atoms with Crippen LogP contribution in [0.25, 0.3) is 22.0 Å². The maximum Gasteiger partial charge on any atom is 0.276 e. The molecule has 0 saturated heterocycles. The van der Waals surface area contributed by atoms with Gasteiger partial charge in [-0.3, -0.25) is 19.7 Å². The third-order valence-electron chi connectivity index (χ3n) is 5.98. The van der Waals surface area contributed by atoms with E-state index in [2.05, 4.69) is 34.3 Å². The van der Waals surface area contributed by atoms with Gasteiger partial charge in [-0.25, -0.2) is 8.78 Å². The first-order valence-electron chi connectivity index (χ1n) is 11.1. The number of rotatable bonds is 8. The lowest BCUT2D eigenvalue weighted by molar-refractivity contribution is 0.0953. The first-order valence-corrected chi connectivity index (χ1v) is 11.1. The van der Waals surface area contributed by atoms with E-state index in [9.17, 15) is 18.4 Å². The number of hydrogen-bond donors (Lipinski definition) is 2. The molecule has 4 aromatic rings. The van der Waals surface area contributed by atoms with Gasteiger partial charge in [-0.1, -0.05) is 44.9 Å². The molecule has 0 spiro atoms. The molecule has 2 heterocycles. The molecule has 0 saturated carbocycles. The molecule has 0 atom stereocenters. The third-order valence-corrected chi connectivity index (χ3v) is 5.98. The van der Waals surface area contributed by atoms with Gasteiger partial charge in [0.05, 0.1) is 17.4 Å². The lowest BCUT2D eigenvalue weighted by atomic mass is 9.96. The van der Waals surface area contributed by atoms with Crippen LogP contribution in [0.5, 0.6) is 0 Å². The summed E-state index contributed by atoms with van der Waals surface area (Å²) in [6.45, 7) is 4.12. The first-order chi connectivity index (χ1) is 16.4. The molecule has 0 aliphatic rings. The van der Waals surface area contributed by atoms with Crippen molar-refractivity contribution in [2.75, 3.05) is 5.32 Å². The van der Waals surface area contributed by atoms with Crippen LogP contribution >= 0.6 is 0 Å². The standard InChI is InChI=1S/C26H24F2N4O2/c1-3-15(4-2)12-23(33)22-11-9-17(14-29-22)30-26(34)25-19-13-16(8-10-21(19)31-32-25)18-6-5-7-20(27)24(18)28/h5-11,13-15H,3-4,12H2,1-2H3,(H,30,34)(H,31,32).